The minimum Gasteiger partial charge on any atom is -0.410 e. The SMILES string of the molecule is CN(C)c1ccc(NC(=O)Oc2ccccc2)cc1C(F)(F)F. The Balaban J connectivity index is 2.19. The Morgan fingerprint density at radius 2 is 1.74 bits per heavy atom. The van der Waals surface area contributed by atoms with Crippen LogP contribution < -0.4 is 15.0 Å². The Hall–Kier alpha value is -2.70. The topological polar surface area (TPSA) is 41.6 Å². The zero-order valence-electron chi connectivity index (χ0n) is 12.5. The van der Waals surface area contributed by atoms with Crippen molar-refractivity contribution in [3.63, 3.8) is 0 Å². The number of carbonyl (C=O) groups is 1. The van der Waals surface area contributed by atoms with Gasteiger partial charge in [0.05, 0.1) is 5.56 Å². The summed E-state index contributed by atoms with van der Waals surface area (Å²) in [5.41, 5.74) is -0.816. The molecule has 0 bridgehead atoms. The van der Waals surface area contributed by atoms with Crippen LogP contribution in [0.3, 0.4) is 0 Å². The van der Waals surface area contributed by atoms with E-state index in [1.54, 1.807) is 30.3 Å². The van der Waals surface area contributed by atoms with Crippen molar-refractivity contribution in [3.05, 3.63) is 54.1 Å². The van der Waals surface area contributed by atoms with Crippen LogP contribution in [-0.4, -0.2) is 20.2 Å². The second-order valence-electron chi connectivity index (χ2n) is 4.95. The quantitative estimate of drug-likeness (QED) is 0.911. The Kier molecular flexibility index (Phi) is 4.78. The monoisotopic (exact) mass is 324 g/mol. The number of nitrogens with zero attached hydrogens (tertiary/aromatic N) is 1. The second kappa shape index (κ2) is 6.60. The smallest absolute Gasteiger partial charge is 0.410 e. The van der Waals surface area contributed by atoms with Crippen molar-refractivity contribution in [2.45, 2.75) is 6.18 Å². The summed E-state index contributed by atoms with van der Waals surface area (Å²) >= 11 is 0. The summed E-state index contributed by atoms with van der Waals surface area (Å²) in [6.07, 6.45) is -5.39. The summed E-state index contributed by atoms with van der Waals surface area (Å²) in [6, 6.07) is 11.8. The molecule has 0 saturated carbocycles. The van der Waals surface area contributed by atoms with E-state index < -0.39 is 17.8 Å². The number of halogens is 3. The van der Waals surface area contributed by atoms with E-state index in [9.17, 15) is 18.0 Å². The lowest BCUT2D eigenvalue weighted by atomic mass is 10.1. The number of para-hydroxylation sites is 1. The van der Waals surface area contributed by atoms with Crippen LogP contribution in [0.2, 0.25) is 0 Å². The summed E-state index contributed by atoms with van der Waals surface area (Å²) in [5.74, 6) is 0.297. The van der Waals surface area contributed by atoms with Gasteiger partial charge in [0.2, 0.25) is 0 Å². The lowest BCUT2D eigenvalue weighted by Gasteiger charge is -2.20. The molecular weight excluding hydrogens is 309 g/mol. The standard InChI is InChI=1S/C16H15F3N2O2/c1-21(2)14-9-8-11(10-13(14)16(17,18)19)20-15(22)23-12-6-4-3-5-7-12/h3-10H,1-2H3,(H,20,22). The summed E-state index contributed by atoms with van der Waals surface area (Å²) < 4.78 is 44.3. The highest BCUT2D eigenvalue weighted by Crippen LogP contribution is 2.37. The molecule has 122 valence electrons. The van der Waals surface area contributed by atoms with Crippen molar-refractivity contribution >= 4 is 17.5 Å². The number of hydrogen-bond donors (Lipinski definition) is 1. The Morgan fingerprint density at radius 3 is 2.30 bits per heavy atom. The Bertz CT molecular complexity index is 685. The normalized spacial score (nSPS) is 11.0. The van der Waals surface area contributed by atoms with Gasteiger partial charge in [0.1, 0.15) is 5.75 Å². The molecule has 0 aliphatic rings. The molecule has 0 saturated heterocycles. The molecule has 0 aromatic heterocycles. The average Bonchev–Trinajstić information content (AvgIpc) is 2.47. The number of anilines is 2. The number of hydrogen-bond acceptors (Lipinski definition) is 3. The van der Waals surface area contributed by atoms with E-state index in [0.29, 0.717) is 5.75 Å². The lowest BCUT2D eigenvalue weighted by molar-refractivity contribution is -0.137. The van der Waals surface area contributed by atoms with E-state index in [-0.39, 0.29) is 11.4 Å². The first-order valence-electron chi connectivity index (χ1n) is 6.70. The molecule has 0 aliphatic heterocycles. The molecule has 2 aromatic carbocycles. The maximum Gasteiger partial charge on any atom is 0.418 e. The van der Waals surface area contributed by atoms with Crippen LogP contribution in [0.25, 0.3) is 0 Å². The van der Waals surface area contributed by atoms with Crippen LogP contribution >= 0.6 is 0 Å². The van der Waals surface area contributed by atoms with Crippen molar-refractivity contribution in [3.8, 4) is 5.75 Å². The maximum atomic E-state index is 13.1. The highest BCUT2D eigenvalue weighted by molar-refractivity contribution is 5.87. The molecule has 1 N–H and O–H groups in total. The van der Waals surface area contributed by atoms with Crippen molar-refractivity contribution < 1.29 is 22.7 Å². The van der Waals surface area contributed by atoms with Crippen molar-refractivity contribution in [2.24, 2.45) is 0 Å². The van der Waals surface area contributed by atoms with Crippen LogP contribution in [0.15, 0.2) is 48.5 Å². The van der Waals surface area contributed by atoms with Crippen molar-refractivity contribution in [1.29, 1.82) is 0 Å². The third-order valence-corrected chi connectivity index (χ3v) is 2.98. The van der Waals surface area contributed by atoms with Gasteiger partial charge in [0, 0.05) is 25.5 Å². The zero-order chi connectivity index (χ0) is 17.0. The maximum absolute atomic E-state index is 13.1. The molecule has 1 amide bonds. The van der Waals surface area contributed by atoms with Gasteiger partial charge in [-0.2, -0.15) is 13.2 Å². The minimum absolute atomic E-state index is 0.00357. The zero-order valence-corrected chi connectivity index (χ0v) is 12.5. The summed E-state index contributed by atoms with van der Waals surface area (Å²) in [6.45, 7) is 0. The molecular formula is C16H15F3N2O2. The number of amides is 1. The van der Waals surface area contributed by atoms with E-state index >= 15 is 0 Å². The summed E-state index contributed by atoms with van der Waals surface area (Å²) in [7, 11) is 3.03. The Morgan fingerprint density at radius 1 is 1.09 bits per heavy atom. The fourth-order valence-corrected chi connectivity index (χ4v) is 1.97. The minimum atomic E-state index is -4.53. The third-order valence-electron chi connectivity index (χ3n) is 2.98. The van der Waals surface area contributed by atoms with E-state index in [2.05, 4.69) is 5.32 Å². The van der Waals surface area contributed by atoms with Gasteiger partial charge in [0.15, 0.2) is 0 Å². The van der Waals surface area contributed by atoms with Gasteiger partial charge >= 0.3 is 12.3 Å². The van der Waals surface area contributed by atoms with Gasteiger partial charge in [-0.3, -0.25) is 5.32 Å². The van der Waals surface area contributed by atoms with Gasteiger partial charge in [0.25, 0.3) is 0 Å². The molecule has 0 spiro atoms. The molecule has 2 aromatic rings. The molecule has 0 radical (unpaired) electrons. The molecule has 0 aliphatic carbocycles. The first-order chi connectivity index (χ1) is 10.8. The van der Waals surface area contributed by atoms with E-state index in [0.717, 1.165) is 6.07 Å². The van der Waals surface area contributed by atoms with E-state index in [4.69, 9.17) is 4.74 Å². The van der Waals surface area contributed by atoms with Crippen LogP contribution in [-0.2, 0) is 6.18 Å². The molecule has 2 rings (SSSR count). The van der Waals surface area contributed by atoms with Crippen LogP contribution in [0.4, 0.5) is 29.3 Å². The van der Waals surface area contributed by atoms with Gasteiger partial charge in [-0.15, -0.1) is 0 Å². The largest absolute Gasteiger partial charge is 0.418 e. The number of alkyl halides is 3. The fraction of sp³-hybridized carbons (Fsp3) is 0.188. The number of ether oxygens (including phenoxy) is 1. The van der Waals surface area contributed by atoms with Gasteiger partial charge in [-0.25, -0.2) is 4.79 Å². The molecule has 7 heteroatoms. The molecule has 0 fully saturated rings. The molecule has 0 heterocycles. The summed E-state index contributed by atoms with van der Waals surface area (Å²) in [4.78, 5) is 13.1. The van der Waals surface area contributed by atoms with Gasteiger partial charge in [-0.05, 0) is 30.3 Å². The van der Waals surface area contributed by atoms with Crippen LogP contribution in [0.1, 0.15) is 5.56 Å². The highest BCUT2D eigenvalue weighted by atomic mass is 19.4. The molecule has 4 nitrogen and oxygen atoms in total. The van der Waals surface area contributed by atoms with E-state index in [1.165, 1.54) is 31.1 Å². The lowest BCUT2D eigenvalue weighted by Crippen LogP contribution is -2.19. The van der Waals surface area contributed by atoms with Gasteiger partial charge in [-0.1, -0.05) is 18.2 Å². The average molecular weight is 324 g/mol. The number of benzene rings is 2. The number of carbonyl (C=O) groups excluding carboxylic acids is 1. The second-order valence-corrected chi connectivity index (χ2v) is 4.95. The Labute approximate surface area is 131 Å². The van der Waals surface area contributed by atoms with Gasteiger partial charge < -0.3 is 9.64 Å². The molecule has 23 heavy (non-hydrogen) atoms. The van der Waals surface area contributed by atoms with Crippen molar-refractivity contribution in [2.75, 3.05) is 24.3 Å². The van der Waals surface area contributed by atoms with E-state index in [1.807, 2.05) is 0 Å². The van der Waals surface area contributed by atoms with Crippen LogP contribution in [0.5, 0.6) is 5.75 Å². The number of rotatable bonds is 3. The first kappa shape index (κ1) is 16.7. The van der Waals surface area contributed by atoms with Crippen molar-refractivity contribution in [1.82, 2.24) is 0 Å². The first-order valence-corrected chi connectivity index (χ1v) is 6.70. The number of nitrogens with one attached hydrogen (secondary N) is 1. The molecule has 0 unspecified atom stereocenters. The molecule has 0 atom stereocenters. The highest BCUT2D eigenvalue weighted by Gasteiger charge is 2.34. The third kappa shape index (κ3) is 4.38. The van der Waals surface area contributed by atoms with Crippen LogP contribution in [0, 0.1) is 0 Å². The predicted molar refractivity (Wildman–Crippen MR) is 81.9 cm³/mol. The summed E-state index contributed by atoms with van der Waals surface area (Å²) in [5, 5.41) is 2.29. The fourth-order valence-electron chi connectivity index (χ4n) is 1.97. The predicted octanol–water partition coefficient (Wildman–Crippen LogP) is 4.38.